The quantitative estimate of drug-likeness (QED) is 0.795. The monoisotopic (exact) mass is 283 g/mol. The van der Waals surface area contributed by atoms with Crippen LogP contribution in [0.5, 0.6) is 11.5 Å². The molecule has 0 fully saturated rings. The van der Waals surface area contributed by atoms with Crippen molar-refractivity contribution in [3.63, 3.8) is 0 Å². The highest BCUT2D eigenvalue weighted by Gasteiger charge is 2.17. The molecule has 2 heterocycles. The van der Waals surface area contributed by atoms with Gasteiger partial charge in [0, 0.05) is 18.2 Å². The minimum Gasteiger partial charge on any atom is -0.490 e. The maximum atomic E-state index is 12.6. The SMILES string of the molecule is Cc1cnc(C(=O)c2ccc3c(c2)OCCCO3)c(C)c1. The molecule has 0 saturated carbocycles. The lowest BCUT2D eigenvalue weighted by molar-refractivity contribution is 0.103. The van der Waals surface area contributed by atoms with Crippen molar-refractivity contribution < 1.29 is 14.3 Å². The molecule has 4 heteroatoms. The molecule has 0 amide bonds. The van der Waals surface area contributed by atoms with Crippen LogP contribution in [-0.4, -0.2) is 24.0 Å². The Bertz CT molecular complexity index is 694. The fourth-order valence-corrected chi connectivity index (χ4v) is 2.39. The molecule has 0 spiro atoms. The third-order valence-corrected chi connectivity index (χ3v) is 3.44. The highest BCUT2D eigenvalue weighted by Crippen LogP contribution is 2.31. The Morgan fingerprint density at radius 2 is 1.86 bits per heavy atom. The number of rotatable bonds is 2. The average molecular weight is 283 g/mol. The van der Waals surface area contributed by atoms with E-state index in [2.05, 4.69) is 4.98 Å². The number of pyridine rings is 1. The highest BCUT2D eigenvalue weighted by molar-refractivity contribution is 6.08. The number of hydrogen-bond donors (Lipinski definition) is 0. The van der Waals surface area contributed by atoms with Crippen LogP contribution in [0.15, 0.2) is 30.5 Å². The van der Waals surface area contributed by atoms with Gasteiger partial charge in [-0.15, -0.1) is 0 Å². The minimum atomic E-state index is -0.0943. The number of benzene rings is 1. The Kier molecular flexibility index (Phi) is 3.60. The van der Waals surface area contributed by atoms with Crippen molar-refractivity contribution in [2.24, 2.45) is 0 Å². The van der Waals surface area contributed by atoms with E-state index < -0.39 is 0 Å². The van der Waals surface area contributed by atoms with Gasteiger partial charge in [0.1, 0.15) is 5.69 Å². The first-order chi connectivity index (χ1) is 10.1. The summed E-state index contributed by atoms with van der Waals surface area (Å²) in [6.45, 7) is 5.10. The van der Waals surface area contributed by atoms with Crippen molar-refractivity contribution in [3.8, 4) is 11.5 Å². The van der Waals surface area contributed by atoms with Gasteiger partial charge < -0.3 is 9.47 Å². The van der Waals surface area contributed by atoms with Crippen LogP contribution < -0.4 is 9.47 Å². The largest absolute Gasteiger partial charge is 0.490 e. The lowest BCUT2D eigenvalue weighted by atomic mass is 10.0. The van der Waals surface area contributed by atoms with Crippen molar-refractivity contribution in [2.75, 3.05) is 13.2 Å². The summed E-state index contributed by atoms with van der Waals surface area (Å²) >= 11 is 0. The number of ether oxygens (including phenoxy) is 2. The third kappa shape index (κ3) is 2.75. The molecule has 21 heavy (non-hydrogen) atoms. The Hall–Kier alpha value is -2.36. The topological polar surface area (TPSA) is 48.4 Å². The first-order valence-electron chi connectivity index (χ1n) is 7.03. The fourth-order valence-electron chi connectivity index (χ4n) is 2.39. The first-order valence-corrected chi connectivity index (χ1v) is 7.03. The van der Waals surface area contributed by atoms with Crippen LogP contribution in [0, 0.1) is 13.8 Å². The standard InChI is InChI=1S/C17H17NO3/c1-11-8-12(2)16(18-10-11)17(19)13-4-5-14-15(9-13)21-7-3-6-20-14/h4-5,8-10H,3,6-7H2,1-2H3. The highest BCUT2D eigenvalue weighted by atomic mass is 16.5. The van der Waals surface area contributed by atoms with E-state index in [9.17, 15) is 4.79 Å². The van der Waals surface area contributed by atoms with Crippen LogP contribution in [0.3, 0.4) is 0 Å². The van der Waals surface area contributed by atoms with E-state index in [1.54, 1.807) is 24.4 Å². The van der Waals surface area contributed by atoms with Gasteiger partial charge in [0.05, 0.1) is 13.2 Å². The van der Waals surface area contributed by atoms with E-state index in [4.69, 9.17) is 9.47 Å². The molecule has 0 bridgehead atoms. The molecule has 1 aliphatic rings. The maximum Gasteiger partial charge on any atom is 0.211 e. The minimum absolute atomic E-state index is 0.0943. The zero-order chi connectivity index (χ0) is 14.8. The van der Waals surface area contributed by atoms with E-state index in [0.29, 0.717) is 36.0 Å². The van der Waals surface area contributed by atoms with E-state index in [1.165, 1.54) is 0 Å². The number of aromatic nitrogens is 1. The van der Waals surface area contributed by atoms with Crippen LogP contribution in [0.1, 0.15) is 33.6 Å². The van der Waals surface area contributed by atoms with E-state index in [0.717, 1.165) is 17.5 Å². The van der Waals surface area contributed by atoms with Crippen molar-refractivity contribution >= 4 is 5.78 Å². The van der Waals surface area contributed by atoms with Gasteiger partial charge in [0.25, 0.3) is 0 Å². The van der Waals surface area contributed by atoms with Crippen molar-refractivity contribution in [2.45, 2.75) is 20.3 Å². The second kappa shape index (κ2) is 5.56. The molecule has 0 saturated heterocycles. The molecule has 0 atom stereocenters. The van der Waals surface area contributed by atoms with Gasteiger partial charge >= 0.3 is 0 Å². The lowest BCUT2D eigenvalue weighted by Gasteiger charge is -2.09. The smallest absolute Gasteiger partial charge is 0.211 e. The van der Waals surface area contributed by atoms with Gasteiger partial charge in [-0.25, -0.2) is 0 Å². The molecule has 108 valence electrons. The number of ketones is 1. The average Bonchev–Trinajstić information content (AvgIpc) is 2.71. The normalized spacial score (nSPS) is 13.6. The van der Waals surface area contributed by atoms with E-state index in [1.807, 2.05) is 19.9 Å². The van der Waals surface area contributed by atoms with E-state index >= 15 is 0 Å². The van der Waals surface area contributed by atoms with Gasteiger partial charge in [-0.2, -0.15) is 0 Å². The zero-order valence-corrected chi connectivity index (χ0v) is 12.2. The molecule has 0 unspecified atom stereocenters. The number of carbonyl (C=O) groups excluding carboxylic acids is 1. The molecule has 0 radical (unpaired) electrons. The van der Waals surface area contributed by atoms with Crippen LogP contribution in [0.2, 0.25) is 0 Å². The summed E-state index contributed by atoms with van der Waals surface area (Å²) in [7, 11) is 0. The maximum absolute atomic E-state index is 12.6. The molecule has 1 aromatic carbocycles. The van der Waals surface area contributed by atoms with Crippen molar-refractivity contribution in [1.29, 1.82) is 0 Å². The number of hydrogen-bond acceptors (Lipinski definition) is 4. The Balaban J connectivity index is 1.96. The molecule has 3 rings (SSSR count). The molecule has 2 aromatic rings. The number of nitrogens with zero attached hydrogens (tertiary/aromatic N) is 1. The van der Waals surface area contributed by atoms with E-state index in [-0.39, 0.29) is 5.78 Å². The lowest BCUT2D eigenvalue weighted by Crippen LogP contribution is -2.07. The van der Waals surface area contributed by atoms with Crippen LogP contribution in [0.25, 0.3) is 0 Å². The Morgan fingerprint density at radius 1 is 1.10 bits per heavy atom. The molecule has 1 aromatic heterocycles. The summed E-state index contributed by atoms with van der Waals surface area (Å²) in [6.07, 6.45) is 2.56. The summed E-state index contributed by atoms with van der Waals surface area (Å²) < 4.78 is 11.2. The summed E-state index contributed by atoms with van der Waals surface area (Å²) in [5.74, 6) is 1.23. The van der Waals surface area contributed by atoms with Crippen LogP contribution in [0.4, 0.5) is 0 Å². The van der Waals surface area contributed by atoms with Crippen molar-refractivity contribution in [3.05, 3.63) is 52.8 Å². The molecular formula is C17H17NO3. The molecular weight excluding hydrogens is 266 g/mol. The third-order valence-electron chi connectivity index (χ3n) is 3.44. The summed E-state index contributed by atoms with van der Waals surface area (Å²) in [6, 6.07) is 7.25. The fraction of sp³-hybridized carbons (Fsp3) is 0.294. The zero-order valence-electron chi connectivity index (χ0n) is 12.2. The van der Waals surface area contributed by atoms with Gasteiger partial charge in [-0.1, -0.05) is 6.07 Å². The van der Waals surface area contributed by atoms with Gasteiger partial charge in [0.2, 0.25) is 5.78 Å². The summed E-state index contributed by atoms with van der Waals surface area (Å²) in [5, 5.41) is 0. The van der Waals surface area contributed by atoms with Crippen LogP contribution in [-0.2, 0) is 0 Å². The number of carbonyl (C=O) groups is 1. The van der Waals surface area contributed by atoms with Crippen LogP contribution >= 0.6 is 0 Å². The van der Waals surface area contributed by atoms with Gasteiger partial charge in [0.15, 0.2) is 11.5 Å². The first kappa shape index (κ1) is 13.6. The summed E-state index contributed by atoms with van der Waals surface area (Å²) in [5.41, 5.74) is 2.98. The number of fused-ring (bicyclic) bond motifs is 1. The van der Waals surface area contributed by atoms with Gasteiger partial charge in [-0.05, 0) is 43.2 Å². The predicted molar refractivity (Wildman–Crippen MR) is 79.2 cm³/mol. The number of aryl methyl sites for hydroxylation is 2. The molecule has 1 aliphatic heterocycles. The Morgan fingerprint density at radius 3 is 2.62 bits per heavy atom. The second-order valence-corrected chi connectivity index (χ2v) is 5.22. The second-order valence-electron chi connectivity index (χ2n) is 5.22. The Labute approximate surface area is 123 Å². The molecule has 4 nitrogen and oxygen atoms in total. The molecule has 0 N–H and O–H groups in total. The predicted octanol–water partition coefficient (Wildman–Crippen LogP) is 3.09. The summed E-state index contributed by atoms with van der Waals surface area (Å²) in [4.78, 5) is 16.9. The molecule has 0 aliphatic carbocycles. The van der Waals surface area contributed by atoms with Gasteiger partial charge in [-0.3, -0.25) is 9.78 Å². The van der Waals surface area contributed by atoms with Crippen molar-refractivity contribution in [1.82, 2.24) is 4.98 Å².